The van der Waals surface area contributed by atoms with Gasteiger partial charge in [0.1, 0.15) is 5.82 Å². The molecule has 2 fully saturated rings. The van der Waals surface area contributed by atoms with Crippen LogP contribution in [0.3, 0.4) is 0 Å². The average molecular weight is 263 g/mol. The van der Waals surface area contributed by atoms with Gasteiger partial charge < -0.3 is 10.1 Å². The lowest BCUT2D eigenvalue weighted by Crippen LogP contribution is -2.64. The fourth-order valence-corrected chi connectivity index (χ4v) is 3.59. The molecule has 2 aliphatic carbocycles. The van der Waals surface area contributed by atoms with Gasteiger partial charge in [-0.3, -0.25) is 0 Å². The Bertz CT molecular complexity index is 470. The molecular formula is C16H22FNO. The van der Waals surface area contributed by atoms with Crippen LogP contribution in [0.15, 0.2) is 18.2 Å². The van der Waals surface area contributed by atoms with E-state index in [2.05, 4.69) is 12.2 Å². The molecule has 2 unspecified atom stereocenters. The number of rotatable bonds is 4. The van der Waals surface area contributed by atoms with E-state index in [-0.39, 0.29) is 5.82 Å². The first-order chi connectivity index (χ1) is 9.17. The highest BCUT2D eigenvalue weighted by molar-refractivity contribution is 5.52. The molecule has 3 heteroatoms. The van der Waals surface area contributed by atoms with Crippen molar-refractivity contribution < 1.29 is 9.13 Å². The van der Waals surface area contributed by atoms with Gasteiger partial charge in [0.2, 0.25) is 0 Å². The van der Waals surface area contributed by atoms with Crippen LogP contribution in [0, 0.1) is 18.2 Å². The molecule has 2 aliphatic rings. The molecule has 1 N–H and O–H groups in total. The highest BCUT2D eigenvalue weighted by atomic mass is 19.1. The van der Waals surface area contributed by atoms with Crippen LogP contribution < -0.4 is 5.32 Å². The summed E-state index contributed by atoms with van der Waals surface area (Å²) in [5, 5.41) is 3.55. The van der Waals surface area contributed by atoms with Crippen LogP contribution in [0.25, 0.3) is 0 Å². The maximum absolute atomic E-state index is 13.6. The van der Waals surface area contributed by atoms with Crippen molar-refractivity contribution in [3.8, 4) is 0 Å². The molecule has 1 aromatic rings. The topological polar surface area (TPSA) is 21.3 Å². The zero-order valence-electron chi connectivity index (χ0n) is 11.7. The maximum atomic E-state index is 13.6. The Labute approximate surface area is 114 Å². The third kappa shape index (κ3) is 1.95. The lowest BCUT2D eigenvalue weighted by atomic mass is 9.51. The SMILES string of the molecule is CCOC1CC(Nc2cccc(F)c2C)C12CCC2. The molecule has 0 bridgehead atoms. The Kier molecular flexibility index (Phi) is 3.25. The van der Waals surface area contributed by atoms with Crippen molar-refractivity contribution in [2.24, 2.45) is 5.41 Å². The molecule has 2 atom stereocenters. The third-order valence-electron chi connectivity index (χ3n) is 5.03. The number of halogens is 1. The lowest BCUT2D eigenvalue weighted by molar-refractivity contribution is -0.157. The number of ether oxygens (including phenoxy) is 1. The number of hydrogen-bond donors (Lipinski definition) is 1. The van der Waals surface area contributed by atoms with E-state index in [1.807, 2.05) is 13.0 Å². The first-order valence-electron chi connectivity index (χ1n) is 7.30. The average Bonchev–Trinajstić information content (AvgIpc) is 2.31. The van der Waals surface area contributed by atoms with Crippen LogP contribution in [0.1, 0.15) is 38.2 Å². The number of anilines is 1. The van der Waals surface area contributed by atoms with Gasteiger partial charge in [-0.2, -0.15) is 0 Å². The zero-order chi connectivity index (χ0) is 13.5. The summed E-state index contributed by atoms with van der Waals surface area (Å²) in [4.78, 5) is 0. The second-order valence-electron chi connectivity index (χ2n) is 5.88. The predicted molar refractivity (Wildman–Crippen MR) is 74.9 cm³/mol. The molecule has 0 radical (unpaired) electrons. The molecule has 2 nitrogen and oxygen atoms in total. The van der Waals surface area contributed by atoms with Gasteiger partial charge in [0, 0.05) is 29.3 Å². The normalized spacial score (nSPS) is 27.7. The van der Waals surface area contributed by atoms with Gasteiger partial charge in [0.15, 0.2) is 0 Å². The summed E-state index contributed by atoms with van der Waals surface area (Å²) in [5.74, 6) is -0.131. The van der Waals surface area contributed by atoms with Gasteiger partial charge in [-0.15, -0.1) is 0 Å². The third-order valence-corrected chi connectivity index (χ3v) is 5.03. The van der Waals surface area contributed by atoms with E-state index in [0.29, 0.717) is 17.6 Å². The van der Waals surface area contributed by atoms with Gasteiger partial charge in [-0.05, 0) is 45.2 Å². The van der Waals surface area contributed by atoms with E-state index in [9.17, 15) is 4.39 Å². The van der Waals surface area contributed by atoms with Crippen molar-refractivity contribution in [2.45, 2.75) is 51.7 Å². The molecule has 0 heterocycles. The van der Waals surface area contributed by atoms with Gasteiger partial charge in [-0.25, -0.2) is 4.39 Å². The van der Waals surface area contributed by atoms with Crippen LogP contribution in [-0.2, 0) is 4.74 Å². The van der Waals surface area contributed by atoms with Crippen LogP contribution >= 0.6 is 0 Å². The zero-order valence-corrected chi connectivity index (χ0v) is 11.7. The molecule has 104 valence electrons. The Morgan fingerprint density at radius 3 is 2.84 bits per heavy atom. The number of hydrogen-bond acceptors (Lipinski definition) is 2. The van der Waals surface area contributed by atoms with E-state index in [1.54, 1.807) is 6.07 Å². The van der Waals surface area contributed by atoms with Crippen molar-refractivity contribution >= 4 is 5.69 Å². The molecule has 1 spiro atoms. The second kappa shape index (κ2) is 4.78. The summed E-state index contributed by atoms with van der Waals surface area (Å²) in [6, 6.07) is 5.71. The largest absolute Gasteiger partial charge is 0.381 e. The van der Waals surface area contributed by atoms with E-state index in [0.717, 1.165) is 24.3 Å². The van der Waals surface area contributed by atoms with Crippen LogP contribution in [0.5, 0.6) is 0 Å². The number of benzene rings is 1. The molecule has 0 saturated heterocycles. The number of nitrogens with one attached hydrogen (secondary N) is 1. The summed E-state index contributed by atoms with van der Waals surface area (Å²) >= 11 is 0. The molecule has 0 amide bonds. The van der Waals surface area contributed by atoms with Crippen molar-refractivity contribution in [3.05, 3.63) is 29.6 Å². The quantitative estimate of drug-likeness (QED) is 0.889. The molecule has 19 heavy (non-hydrogen) atoms. The minimum absolute atomic E-state index is 0.131. The van der Waals surface area contributed by atoms with E-state index in [1.165, 1.54) is 25.3 Å². The molecule has 1 aromatic carbocycles. The van der Waals surface area contributed by atoms with E-state index in [4.69, 9.17) is 4.74 Å². The molecular weight excluding hydrogens is 241 g/mol. The van der Waals surface area contributed by atoms with Gasteiger partial charge >= 0.3 is 0 Å². The molecule has 0 aliphatic heterocycles. The Hall–Kier alpha value is -1.09. The molecule has 0 aromatic heterocycles. The standard InChI is InChI=1S/C16H22FNO/c1-3-19-15-10-14(16(15)8-5-9-16)18-13-7-4-6-12(17)11(13)2/h4,6-7,14-15,18H,3,5,8-10H2,1-2H3. The monoisotopic (exact) mass is 263 g/mol. The predicted octanol–water partition coefficient (Wildman–Crippen LogP) is 3.89. The van der Waals surface area contributed by atoms with Crippen LogP contribution in [0.2, 0.25) is 0 Å². The van der Waals surface area contributed by atoms with Crippen molar-refractivity contribution in [2.75, 3.05) is 11.9 Å². The van der Waals surface area contributed by atoms with E-state index < -0.39 is 0 Å². The van der Waals surface area contributed by atoms with E-state index >= 15 is 0 Å². The summed E-state index contributed by atoms with van der Waals surface area (Å²) in [5.41, 5.74) is 1.97. The van der Waals surface area contributed by atoms with Crippen LogP contribution in [0.4, 0.5) is 10.1 Å². The summed E-state index contributed by atoms with van der Waals surface area (Å²) in [7, 11) is 0. The first kappa shape index (κ1) is 12.9. The molecule has 3 rings (SSSR count). The fraction of sp³-hybridized carbons (Fsp3) is 0.625. The van der Waals surface area contributed by atoms with Crippen molar-refractivity contribution in [3.63, 3.8) is 0 Å². The summed E-state index contributed by atoms with van der Waals surface area (Å²) < 4.78 is 19.4. The van der Waals surface area contributed by atoms with Crippen molar-refractivity contribution in [1.29, 1.82) is 0 Å². The highest BCUT2D eigenvalue weighted by Crippen LogP contribution is 2.58. The smallest absolute Gasteiger partial charge is 0.128 e. The van der Waals surface area contributed by atoms with Gasteiger partial charge in [0.25, 0.3) is 0 Å². The second-order valence-corrected chi connectivity index (χ2v) is 5.88. The Balaban J connectivity index is 1.73. The summed E-state index contributed by atoms with van der Waals surface area (Å²) in [6.07, 6.45) is 5.22. The minimum atomic E-state index is -0.131. The Morgan fingerprint density at radius 2 is 2.21 bits per heavy atom. The first-order valence-corrected chi connectivity index (χ1v) is 7.30. The highest BCUT2D eigenvalue weighted by Gasteiger charge is 2.58. The van der Waals surface area contributed by atoms with Gasteiger partial charge in [0.05, 0.1) is 6.10 Å². The summed E-state index contributed by atoms with van der Waals surface area (Å²) in [6.45, 7) is 4.69. The minimum Gasteiger partial charge on any atom is -0.381 e. The van der Waals surface area contributed by atoms with Crippen molar-refractivity contribution in [1.82, 2.24) is 0 Å². The lowest BCUT2D eigenvalue weighted by Gasteiger charge is -2.61. The van der Waals surface area contributed by atoms with Gasteiger partial charge in [-0.1, -0.05) is 12.5 Å². The fourth-order valence-electron chi connectivity index (χ4n) is 3.59. The maximum Gasteiger partial charge on any atom is 0.128 e. The molecule has 2 saturated carbocycles. The van der Waals surface area contributed by atoms with Crippen LogP contribution in [-0.4, -0.2) is 18.8 Å². The Morgan fingerprint density at radius 1 is 1.42 bits per heavy atom.